The molecule has 2 aliphatic heterocycles. The number of rotatable bonds is 1. The quantitative estimate of drug-likeness (QED) is 0.602. The molecule has 0 aromatic carbocycles. The zero-order valence-electron chi connectivity index (χ0n) is 7.92. The van der Waals surface area contributed by atoms with Crippen LogP contribution in [0.15, 0.2) is 0 Å². The normalized spacial score (nSPS) is 37.2. The molecule has 2 saturated heterocycles. The Morgan fingerprint density at radius 2 is 2.25 bits per heavy atom. The predicted molar refractivity (Wildman–Crippen MR) is 48.2 cm³/mol. The Hall–Kier alpha value is -0.120. The second-order valence-electron chi connectivity index (χ2n) is 4.02. The van der Waals surface area contributed by atoms with Gasteiger partial charge in [-0.05, 0) is 13.8 Å². The molecule has 0 saturated carbocycles. The lowest BCUT2D eigenvalue weighted by Gasteiger charge is -2.25. The summed E-state index contributed by atoms with van der Waals surface area (Å²) in [5.74, 6) is 0. The Morgan fingerprint density at radius 1 is 1.42 bits per heavy atom. The maximum absolute atomic E-state index is 5.68. The van der Waals surface area contributed by atoms with E-state index in [9.17, 15) is 0 Å². The molecule has 3 nitrogen and oxygen atoms in total. The average Bonchev–Trinajstić information content (AvgIpc) is 2.46. The molecule has 3 heteroatoms. The fourth-order valence-electron chi connectivity index (χ4n) is 2.04. The number of morpholine rings is 1. The molecule has 0 aromatic rings. The van der Waals surface area contributed by atoms with Crippen molar-refractivity contribution >= 4 is 0 Å². The van der Waals surface area contributed by atoms with Crippen LogP contribution in [-0.4, -0.2) is 49.3 Å². The van der Waals surface area contributed by atoms with Crippen molar-refractivity contribution in [1.29, 1.82) is 0 Å². The van der Waals surface area contributed by atoms with Crippen LogP contribution in [0, 0.1) is 0 Å². The van der Waals surface area contributed by atoms with E-state index in [0.717, 1.165) is 26.2 Å². The lowest BCUT2D eigenvalue weighted by molar-refractivity contribution is 0.0169. The van der Waals surface area contributed by atoms with Gasteiger partial charge < -0.3 is 10.1 Å². The first-order chi connectivity index (χ1) is 5.77. The van der Waals surface area contributed by atoms with Crippen LogP contribution in [0.1, 0.15) is 13.8 Å². The highest BCUT2D eigenvalue weighted by Gasteiger charge is 2.35. The van der Waals surface area contributed by atoms with Crippen molar-refractivity contribution in [2.45, 2.75) is 32.0 Å². The van der Waals surface area contributed by atoms with E-state index in [0.29, 0.717) is 18.2 Å². The number of fused-ring (bicyclic) bond motifs is 1. The van der Waals surface area contributed by atoms with E-state index in [1.165, 1.54) is 0 Å². The summed E-state index contributed by atoms with van der Waals surface area (Å²) >= 11 is 0. The van der Waals surface area contributed by atoms with Gasteiger partial charge in [0.1, 0.15) is 0 Å². The summed E-state index contributed by atoms with van der Waals surface area (Å²) in [5, 5.41) is 3.50. The highest BCUT2D eigenvalue weighted by Crippen LogP contribution is 2.17. The molecular formula is C9H18N2O. The Morgan fingerprint density at radius 3 is 2.92 bits per heavy atom. The van der Waals surface area contributed by atoms with Crippen LogP contribution in [0.25, 0.3) is 0 Å². The van der Waals surface area contributed by atoms with Crippen LogP contribution in [-0.2, 0) is 4.74 Å². The van der Waals surface area contributed by atoms with Crippen LogP contribution in [0.2, 0.25) is 0 Å². The topological polar surface area (TPSA) is 24.5 Å². The monoisotopic (exact) mass is 170 g/mol. The van der Waals surface area contributed by atoms with Gasteiger partial charge in [-0.3, -0.25) is 4.90 Å². The van der Waals surface area contributed by atoms with Gasteiger partial charge in [-0.15, -0.1) is 0 Å². The van der Waals surface area contributed by atoms with Gasteiger partial charge in [-0.2, -0.15) is 0 Å². The van der Waals surface area contributed by atoms with E-state index in [1.54, 1.807) is 0 Å². The minimum absolute atomic E-state index is 0.446. The zero-order chi connectivity index (χ0) is 8.55. The molecule has 70 valence electrons. The second-order valence-corrected chi connectivity index (χ2v) is 4.02. The first kappa shape index (κ1) is 8.48. The Bertz CT molecular complexity index is 147. The third-order valence-corrected chi connectivity index (χ3v) is 2.87. The van der Waals surface area contributed by atoms with Crippen molar-refractivity contribution in [2.75, 3.05) is 26.2 Å². The summed E-state index contributed by atoms with van der Waals surface area (Å²) < 4.78 is 5.68. The van der Waals surface area contributed by atoms with Crippen LogP contribution in [0.3, 0.4) is 0 Å². The molecule has 0 radical (unpaired) electrons. The SMILES string of the molecule is CC(C)N1C[C@@H]2OCCN[C@@H]2C1. The fourth-order valence-corrected chi connectivity index (χ4v) is 2.04. The number of ether oxygens (including phenoxy) is 1. The maximum Gasteiger partial charge on any atom is 0.0867 e. The molecule has 2 heterocycles. The van der Waals surface area contributed by atoms with E-state index in [-0.39, 0.29) is 0 Å². The highest BCUT2D eigenvalue weighted by molar-refractivity contribution is 4.93. The van der Waals surface area contributed by atoms with Gasteiger partial charge in [0, 0.05) is 31.7 Å². The zero-order valence-corrected chi connectivity index (χ0v) is 7.92. The standard InChI is InChI=1S/C9H18N2O/c1-7(2)11-5-8-9(6-11)12-4-3-10-8/h7-10H,3-6H2,1-2H3/t8-,9+/m1/s1. The third kappa shape index (κ3) is 1.49. The lowest BCUT2D eigenvalue weighted by Crippen LogP contribution is -2.47. The van der Waals surface area contributed by atoms with E-state index in [1.807, 2.05) is 0 Å². The van der Waals surface area contributed by atoms with Gasteiger partial charge in [-0.1, -0.05) is 0 Å². The number of nitrogens with one attached hydrogen (secondary N) is 1. The van der Waals surface area contributed by atoms with Crippen molar-refractivity contribution in [1.82, 2.24) is 10.2 Å². The number of hydrogen-bond donors (Lipinski definition) is 1. The first-order valence-corrected chi connectivity index (χ1v) is 4.86. The van der Waals surface area contributed by atoms with Crippen LogP contribution < -0.4 is 5.32 Å². The molecule has 2 aliphatic rings. The third-order valence-electron chi connectivity index (χ3n) is 2.87. The van der Waals surface area contributed by atoms with E-state index in [4.69, 9.17) is 4.74 Å². The summed E-state index contributed by atoms with van der Waals surface area (Å²) in [6, 6.07) is 1.24. The molecule has 0 unspecified atom stereocenters. The van der Waals surface area contributed by atoms with Crippen molar-refractivity contribution in [3.63, 3.8) is 0 Å². The van der Waals surface area contributed by atoms with Crippen molar-refractivity contribution in [3.05, 3.63) is 0 Å². The van der Waals surface area contributed by atoms with Crippen molar-refractivity contribution in [2.24, 2.45) is 0 Å². The van der Waals surface area contributed by atoms with Crippen LogP contribution in [0.5, 0.6) is 0 Å². The van der Waals surface area contributed by atoms with E-state index >= 15 is 0 Å². The molecule has 1 N–H and O–H groups in total. The fraction of sp³-hybridized carbons (Fsp3) is 1.00. The minimum atomic E-state index is 0.446. The molecule has 2 rings (SSSR count). The average molecular weight is 170 g/mol. The number of likely N-dealkylation sites (tertiary alicyclic amines) is 1. The largest absolute Gasteiger partial charge is 0.374 e. The summed E-state index contributed by atoms with van der Waals surface area (Å²) in [7, 11) is 0. The van der Waals surface area contributed by atoms with Crippen molar-refractivity contribution < 1.29 is 4.74 Å². The summed E-state index contributed by atoms with van der Waals surface area (Å²) in [5.41, 5.74) is 0. The van der Waals surface area contributed by atoms with Crippen LogP contribution in [0.4, 0.5) is 0 Å². The van der Waals surface area contributed by atoms with Gasteiger partial charge in [0.25, 0.3) is 0 Å². The number of hydrogen-bond acceptors (Lipinski definition) is 3. The predicted octanol–water partition coefficient (Wildman–Crippen LogP) is 0.0674. The molecule has 0 bridgehead atoms. The molecule has 12 heavy (non-hydrogen) atoms. The molecule has 0 amide bonds. The molecular weight excluding hydrogens is 152 g/mol. The molecule has 0 aromatic heterocycles. The van der Waals surface area contributed by atoms with E-state index in [2.05, 4.69) is 24.1 Å². The summed E-state index contributed by atoms with van der Waals surface area (Å²) in [6.07, 6.45) is 0.446. The number of nitrogens with zero attached hydrogens (tertiary/aromatic N) is 1. The highest BCUT2D eigenvalue weighted by atomic mass is 16.5. The second kappa shape index (κ2) is 3.32. The lowest BCUT2D eigenvalue weighted by atomic mass is 10.2. The molecule has 0 spiro atoms. The summed E-state index contributed by atoms with van der Waals surface area (Å²) in [4.78, 5) is 2.48. The Kier molecular flexibility index (Phi) is 2.35. The molecule has 0 aliphatic carbocycles. The Labute approximate surface area is 74.1 Å². The smallest absolute Gasteiger partial charge is 0.0867 e. The van der Waals surface area contributed by atoms with Crippen LogP contribution >= 0.6 is 0 Å². The molecule has 2 fully saturated rings. The first-order valence-electron chi connectivity index (χ1n) is 4.86. The van der Waals surface area contributed by atoms with Gasteiger partial charge in [0.2, 0.25) is 0 Å². The van der Waals surface area contributed by atoms with Gasteiger partial charge in [0.15, 0.2) is 0 Å². The molecule has 2 atom stereocenters. The Balaban J connectivity index is 1.94. The maximum atomic E-state index is 5.68. The van der Waals surface area contributed by atoms with Gasteiger partial charge in [0.05, 0.1) is 12.7 Å². The minimum Gasteiger partial charge on any atom is -0.374 e. The summed E-state index contributed by atoms with van der Waals surface area (Å²) in [6.45, 7) is 8.66. The van der Waals surface area contributed by atoms with Crippen molar-refractivity contribution in [3.8, 4) is 0 Å². The van der Waals surface area contributed by atoms with E-state index < -0.39 is 0 Å². The van der Waals surface area contributed by atoms with Gasteiger partial charge >= 0.3 is 0 Å². The van der Waals surface area contributed by atoms with Gasteiger partial charge in [-0.25, -0.2) is 0 Å².